The lowest BCUT2D eigenvalue weighted by Crippen LogP contribution is -2.28. The predicted octanol–water partition coefficient (Wildman–Crippen LogP) is 5.74. The molecular weight excluding hydrogens is 284 g/mol. The summed E-state index contributed by atoms with van der Waals surface area (Å²) >= 11 is 0. The van der Waals surface area contributed by atoms with Gasteiger partial charge in [-0.2, -0.15) is 0 Å². The van der Waals surface area contributed by atoms with E-state index in [2.05, 4.69) is 19.6 Å². The second kappa shape index (κ2) is 10.9. The van der Waals surface area contributed by atoms with Gasteiger partial charge in [0.1, 0.15) is 0 Å². The number of allylic oxidation sites excluding steroid dienone is 1. The van der Waals surface area contributed by atoms with Gasteiger partial charge >= 0.3 is 0 Å². The summed E-state index contributed by atoms with van der Waals surface area (Å²) in [5.41, 5.74) is 0. The quantitative estimate of drug-likeness (QED) is 0.306. The molecule has 2 nitrogen and oxygen atoms in total. The first-order valence-corrected chi connectivity index (χ1v) is 9.78. The number of hydrogen-bond donors (Lipinski definition) is 0. The first kappa shape index (κ1) is 18.6. The molecule has 2 heteroatoms. The van der Waals surface area contributed by atoms with E-state index in [0.717, 1.165) is 43.3 Å². The lowest BCUT2D eigenvalue weighted by Gasteiger charge is -2.37. The molecule has 2 aliphatic carbocycles. The summed E-state index contributed by atoms with van der Waals surface area (Å²) in [6.45, 7) is 8.43. The van der Waals surface area contributed by atoms with Gasteiger partial charge in [0, 0.05) is 6.61 Å². The van der Waals surface area contributed by atoms with Gasteiger partial charge in [-0.3, -0.25) is 0 Å². The van der Waals surface area contributed by atoms with Crippen LogP contribution in [0.1, 0.15) is 64.7 Å². The predicted molar refractivity (Wildman–Crippen MR) is 97.3 cm³/mol. The Labute approximate surface area is 143 Å². The lowest BCUT2D eigenvalue weighted by atomic mass is 9.69. The highest BCUT2D eigenvalue weighted by Crippen LogP contribution is 2.41. The Balaban J connectivity index is 1.59. The molecule has 0 radical (unpaired) electrons. The molecule has 23 heavy (non-hydrogen) atoms. The maximum Gasteiger partial charge on any atom is 0.0901 e. The van der Waals surface area contributed by atoms with Gasteiger partial charge in [-0.05, 0) is 81.5 Å². The highest BCUT2D eigenvalue weighted by atomic mass is 16.5. The largest absolute Gasteiger partial charge is 0.501 e. The van der Waals surface area contributed by atoms with Crippen LogP contribution in [0.4, 0.5) is 0 Å². The Kier molecular flexibility index (Phi) is 8.81. The van der Waals surface area contributed by atoms with Crippen molar-refractivity contribution in [3.8, 4) is 0 Å². The first-order valence-electron chi connectivity index (χ1n) is 9.78. The van der Waals surface area contributed by atoms with E-state index < -0.39 is 0 Å². The molecule has 0 amide bonds. The van der Waals surface area contributed by atoms with Gasteiger partial charge in [-0.1, -0.05) is 19.1 Å². The Morgan fingerprint density at radius 2 is 1.43 bits per heavy atom. The van der Waals surface area contributed by atoms with Crippen molar-refractivity contribution in [2.45, 2.75) is 64.7 Å². The summed E-state index contributed by atoms with van der Waals surface area (Å²) in [5.74, 6) is 3.54. The molecule has 0 heterocycles. The highest BCUT2D eigenvalue weighted by Gasteiger charge is 2.30. The molecule has 2 aliphatic rings. The minimum absolute atomic E-state index is 0.708. The third kappa shape index (κ3) is 6.71. The van der Waals surface area contributed by atoms with Crippen LogP contribution < -0.4 is 0 Å². The van der Waals surface area contributed by atoms with Crippen LogP contribution in [0.2, 0.25) is 0 Å². The Morgan fingerprint density at radius 1 is 0.870 bits per heavy atom. The second-order valence-electron chi connectivity index (χ2n) is 7.50. The fraction of sp³-hybridized carbons (Fsp3) is 0.810. The van der Waals surface area contributed by atoms with Crippen LogP contribution in [0.3, 0.4) is 0 Å². The zero-order valence-corrected chi connectivity index (χ0v) is 15.1. The molecule has 0 aromatic rings. The van der Waals surface area contributed by atoms with E-state index in [4.69, 9.17) is 9.47 Å². The van der Waals surface area contributed by atoms with Crippen molar-refractivity contribution in [1.29, 1.82) is 0 Å². The Morgan fingerprint density at radius 3 is 1.96 bits per heavy atom. The third-order valence-corrected chi connectivity index (χ3v) is 5.80. The molecular formula is C21H36O2. The first-order chi connectivity index (χ1) is 11.3. The fourth-order valence-corrected chi connectivity index (χ4v) is 4.33. The Hall–Kier alpha value is -0.760. The average Bonchev–Trinajstić information content (AvgIpc) is 2.60. The van der Waals surface area contributed by atoms with Crippen LogP contribution in [-0.4, -0.2) is 19.8 Å². The molecule has 0 aromatic carbocycles. The number of hydrogen-bond acceptors (Lipinski definition) is 2. The summed E-state index contributed by atoms with van der Waals surface area (Å²) in [4.78, 5) is 0. The monoisotopic (exact) mass is 320 g/mol. The maximum atomic E-state index is 5.65. The highest BCUT2D eigenvalue weighted by molar-refractivity contribution is 4.82. The van der Waals surface area contributed by atoms with E-state index in [-0.39, 0.29) is 0 Å². The van der Waals surface area contributed by atoms with E-state index in [1.54, 1.807) is 0 Å². The van der Waals surface area contributed by atoms with Crippen molar-refractivity contribution in [3.05, 3.63) is 25.0 Å². The number of rotatable bonds is 9. The van der Waals surface area contributed by atoms with Gasteiger partial charge in [-0.15, -0.1) is 6.58 Å². The zero-order chi connectivity index (χ0) is 16.3. The van der Waals surface area contributed by atoms with Crippen LogP contribution >= 0.6 is 0 Å². The molecule has 2 rings (SSSR count). The number of ether oxygens (including phenoxy) is 2. The van der Waals surface area contributed by atoms with Crippen LogP contribution in [0.5, 0.6) is 0 Å². The molecule has 2 saturated carbocycles. The zero-order valence-electron chi connectivity index (χ0n) is 15.1. The van der Waals surface area contributed by atoms with E-state index in [1.165, 1.54) is 51.4 Å². The van der Waals surface area contributed by atoms with Gasteiger partial charge < -0.3 is 9.47 Å². The summed E-state index contributed by atoms with van der Waals surface area (Å²) in [6.07, 6.45) is 18.1. The van der Waals surface area contributed by atoms with E-state index in [0.29, 0.717) is 6.61 Å². The minimum Gasteiger partial charge on any atom is -0.501 e. The molecule has 0 atom stereocenters. The molecule has 0 unspecified atom stereocenters. The maximum absolute atomic E-state index is 5.65. The standard InChI is InChI=1S/C21H36O2/c1-3-5-15-23-17-19-8-12-21(13-9-19)20-10-6-18(7-11-20)16-22-14-4-2/h4-5,15,18-21H,2-3,6-14,16-17H2,1H3/b15-5-. The minimum atomic E-state index is 0.708. The van der Waals surface area contributed by atoms with Crippen molar-refractivity contribution in [2.24, 2.45) is 23.7 Å². The summed E-state index contributed by atoms with van der Waals surface area (Å²) in [6, 6.07) is 0. The smallest absolute Gasteiger partial charge is 0.0901 e. The van der Waals surface area contributed by atoms with Gasteiger partial charge in [0.2, 0.25) is 0 Å². The topological polar surface area (TPSA) is 18.5 Å². The summed E-state index contributed by atoms with van der Waals surface area (Å²) in [7, 11) is 0. The van der Waals surface area contributed by atoms with E-state index in [9.17, 15) is 0 Å². The molecule has 2 fully saturated rings. The van der Waals surface area contributed by atoms with Gasteiger partial charge in [0.05, 0.1) is 19.5 Å². The molecule has 0 aromatic heterocycles. The molecule has 0 saturated heterocycles. The summed E-state index contributed by atoms with van der Waals surface area (Å²) < 4.78 is 11.3. The molecule has 132 valence electrons. The average molecular weight is 321 g/mol. The third-order valence-electron chi connectivity index (χ3n) is 5.80. The van der Waals surface area contributed by atoms with Crippen molar-refractivity contribution in [1.82, 2.24) is 0 Å². The summed E-state index contributed by atoms with van der Waals surface area (Å²) in [5, 5.41) is 0. The lowest BCUT2D eigenvalue weighted by molar-refractivity contribution is 0.0725. The molecule has 0 N–H and O–H groups in total. The van der Waals surface area contributed by atoms with Crippen LogP contribution in [-0.2, 0) is 9.47 Å². The van der Waals surface area contributed by atoms with Crippen LogP contribution in [0, 0.1) is 23.7 Å². The van der Waals surface area contributed by atoms with E-state index >= 15 is 0 Å². The molecule has 0 aliphatic heterocycles. The molecule has 0 spiro atoms. The van der Waals surface area contributed by atoms with Crippen LogP contribution in [0.15, 0.2) is 25.0 Å². The van der Waals surface area contributed by atoms with Gasteiger partial charge in [0.15, 0.2) is 0 Å². The van der Waals surface area contributed by atoms with Crippen LogP contribution in [0.25, 0.3) is 0 Å². The second-order valence-corrected chi connectivity index (χ2v) is 7.50. The van der Waals surface area contributed by atoms with Crippen molar-refractivity contribution in [3.63, 3.8) is 0 Å². The van der Waals surface area contributed by atoms with Gasteiger partial charge in [0.25, 0.3) is 0 Å². The van der Waals surface area contributed by atoms with Gasteiger partial charge in [-0.25, -0.2) is 0 Å². The van der Waals surface area contributed by atoms with Crippen molar-refractivity contribution >= 4 is 0 Å². The molecule has 0 bridgehead atoms. The van der Waals surface area contributed by atoms with Crippen molar-refractivity contribution in [2.75, 3.05) is 19.8 Å². The van der Waals surface area contributed by atoms with E-state index in [1.807, 2.05) is 12.3 Å². The fourth-order valence-electron chi connectivity index (χ4n) is 4.33. The van der Waals surface area contributed by atoms with Crippen molar-refractivity contribution < 1.29 is 9.47 Å². The Bertz CT molecular complexity index is 334. The normalized spacial score (nSPS) is 32.0. The SMILES string of the molecule is C=CCOCC1CCC(C2CCC(CO/C=C\CC)CC2)CC1.